The number of hydrogen-bond acceptors (Lipinski definition) is 4. The van der Waals surface area contributed by atoms with E-state index in [9.17, 15) is 4.79 Å². The number of aromatic carboxylic acids is 1. The van der Waals surface area contributed by atoms with Crippen molar-refractivity contribution in [3.8, 4) is 6.07 Å². The first-order valence-electron chi connectivity index (χ1n) is 5.52. The molecule has 0 fully saturated rings. The molecule has 100 valence electrons. The Morgan fingerprint density at radius 2 is 2.21 bits per heavy atom. The Hall–Kier alpha value is -2.19. The molecule has 0 saturated heterocycles. The first-order chi connectivity index (χ1) is 8.86. The lowest BCUT2D eigenvalue weighted by molar-refractivity contribution is 0.0697. The molecule has 0 radical (unpaired) electrons. The lowest BCUT2D eigenvalue weighted by atomic mass is 10.0. The molecule has 1 aromatic carbocycles. The van der Waals surface area contributed by atoms with Gasteiger partial charge in [0.2, 0.25) is 0 Å². The maximum absolute atomic E-state index is 11.0. The van der Waals surface area contributed by atoms with E-state index in [0.29, 0.717) is 11.3 Å². The van der Waals surface area contributed by atoms with Gasteiger partial charge >= 0.3 is 5.97 Å². The largest absolute Gasteiger partial charge is 0.478 e. The minimum Gasteiger partial charge on any atom is -0.478 e. The Kier molecular flexibility index (Phi) is 4.79. The van der Waals surface area contributed by atoms with Gasteiger partial charge < -0.3 is 16.2 Å². The number of hydrogen-bond donors (Lipinski definition) is 3. The van der Waals surface area contributed by atoms with Gasteiger partial charge in [-0.25, -0.2) is 4.79 Å². The van der Waals surface area contributed by atoms with E-state index < -0.39 is 12.0 Å². The van der Waals surface area contributed by atoms with Crippen molar-refractivity contribution in [2.45, 2.75) is 19.9 Å². The summed E-state index contributed by atoms with van der Waals surface area (Å²) in [7, 11) is 0. The normalized spacial score (nSPS) is 13.2. The summed E-state index contributed by atoms with van der Waals surface area (Å²) in [5, 5.41) is 20.6. The summed E-state index contributed by atoms with van der Waals surface area (Å²) in [5.41, 5.74) is 7.45. The zero-order chi connectivity index (χ0) is 14.6. The quantitative estimate of drug-likeness (QED) is 0.732. The van der Waals surface area contributed by atoms with Crippen LogP contribution in [0.4, 0.5) is 0 Å². The Morgan fingerprint density at radius 1 is 1.58 bits per heavy atom. The molecule has 0 aliphatic rings. The minimum atomic E-state index is -1.04. The van der Waals surface area contributed by atoms with Crippen LogP contribution in [0.15, 0.2) is 23.4 Å². The maximum Gasteiger partial charge on any atom is 0.335 e. The molecule has 6 heteroatoms. The summed E-state index contributed by atoms with van der Waals surface area (Å²) in [6.07, 6.45) is 0. The van der Waals surface area contributed by atoms with E-state index in [4.69, 9.17) is 27.7 Å². The molecule has 1 unspecified atom stereocenters. The topological polar surface area (TPSA) is 99.1 Å². The number of rotatable bonds is 4. The first kappa shape index (κ1) is 14.9. The second kappa shape index (κ2) is 6.12. The van der Waals surface area contributed by atoms with Crippen molar-refractivity contribution in [1.82, 2.24) is 5.32 Å². The van der Waals surface area contributed by atoms with Gasteiger partial charge in [-0.15, -0.1) is 0 Å². The number of nitrogens with two attached hydrogens (primary N) is 1. The second-order valence-electron chi connectivity index (χ2n) is 4.05. The van der Waals surface area contributed by atoms with Crippen LogP contribution in [0.5, 0.6) is 0 Å². The Bertz CT molecular complexity index is 572. The van der Waals surface area contributed by atoms with Crippen molar-refractivity contribution in [3.05, 3.63) is 40.0 Å². The summed E-state index contributed by atoms with van der Waals surface area (Å²) in [6, 6.07) is 6.13. The number of halogens is 1. The van der Waals surface area contributed by atoms with Crippen LogP contribution in [0, 0.1) is 18.3 Å². The molecular formula is C13H14ClN3O2. The van der Waals surface area contributed by atoms with Crippen LogP contribution < -0.4 is 11.1 Å². The summed E-state index contributed by atoms with van der Waals surface area (Å²) in [4.78, 5) is 11.0. The molecular weight excluding hydrogens is 266 g/mol. The number of carboxylic acid groups (broad SMARTS) is 1. The summed E-state index contributed by atoms with van der Waals surface area (Å²) < 4.78 is 0. The highest BCUT2D eigenvalue weighted by atomic mass is 35.5. The second-order valence-corrected chi connectivity index (χ2v) is 4.46. The van der Waals surface area contributed by atoms with Gasteiger partial charge in [-0.3, -0.25) is 0 Å². The Balaban J connectivity index is 3.32. The van der Waals surface area contributed by atoms with Crippen molar-refractivity contribution in [1.29, 1.82) is 5.26 Å². The number of benzene rings is 1. The summed E-state index contributed by atoms with van der Waals surface area (Å²) >= 11 is 5.82. The number of carboxylic acids is 1. The fraction of sp³-hybridized carbons (Fsp3) is 0.231. The van der Waals surface area contributed by atoms with Gasteiger partial charge in [0.05, 0.1) is 17.3 Å². The van der Waals surface area contributed by atoms with Crippen molar-refractivity contribution in [2.24, 2.45) is 5.73 Å². The van der Waals surface area contributed by atoms with E-state index in [1.54, 1.807) is 19.9 Å². The van der Waals surface area contributed by atoms with Gasteiger partial charge in [0, 0.05) is 5.56 Å². The lowest BCUT2D eigenvalue weighted by Gasteiger charge is -2.16. The number of nitrogens with zero attached hydrogens (tertiary/aromatic N) is 1. The molecule has 0 spiro atoms. The highest BCUT2D eigenvalue weighted by molar-refractivity contribution is 6.32. The van der Waals surface area contributed by atoms with Crippen LogP contribution in [0.3, 0.4) is 0 Å². The molecule has 1 atom stereocenters. The Labute approximate surface area is 116 Å². The minimum absolute atomic E-state index is 0.0206. The van der Waals surface area contributed by atoms with Gasteiger partial charge in [-0.05, 0) is 31.5 Å². The number of nitrogens with one attached hydrogen (secondary N) is 1. The molecule has 19 heavy (non-hydrogen) atoms. The fourth-order valence-corrected chi connectivity index (χ4v) is 1.70. The van der Waals surface area contributed by atoms with Crippen LogP contribution in [-0.4, -0.2) is 17.1 Å². The highest BCUT2D eigenvalue weighted by Gasteiger charge is 2.14. The molecule has 0 aliphatic heterocycles. The third-order valence-corrected chi connectivity index (χ3v) is 2.74. The van der Waals surface area contributed by atoms with Gasteiger partial charge in [0.15, 0.2) is 0 Å². The molecule has 0 aromatic heterocycles. The monoisotopic (exact) mass is 279 g/mol. The maximum atomic E-state index is 11.0. The van der Waals surface area contributed by atoms with E-state index in [-0.39, 0.29) is 10.7 Å². The van der Waals surface area contributed by atoms with Crippen molar-refractivity contribution < 1.29 is 9.90 Å². The van der Waals surface area contributed by atoms with Crippen LogP contribution in [0.2, 0.25) is 0 Å². The van der Waals surface area contributed by atoms with Gasteiger partial charge in [0.25, 0.3) is 0 Å². The van der Waals surface area contributed by atoms with Crippen molar-refractivity contribution in [3.63, 3.8) is 0 Å². The SMILES string of the molecule is Cc1ccc(C(=O)O)cc1/C(NC(C)C#N)=C(/N)Cl. The number of carbonyl (C=O) groups is 1. The summed E-state index contributed by atoms with van der Waals surface area (Å²) in [5.74, 6) is -1.04. The predicted molar refractivity (Wildman–Crippen MR) is 73.3 cm³/mol. The summed E-state index contributed by atoms with van der Waals surface area (Å²) in [6.45, 7) is 3.45. The van der Waals surface area contributed by atoms with E-state index in [0.717, 1.165) is 5.56 Å². The Morgan fingerprint density at radius 3 is 2.68 bits per heavy atom. The van der Waals surface area contributed by atoms with Crippen LogP contribution in [-0.2, 0) is 0 Å². The van der Waals surface area contributed by atoms with Crippen LogP contribution in [0.1, 0.15) is 28.4 Å². The first-order valence-corrected chi connectivity index (χ1v) is 5.90. The molecule has 1 rings (SSSR count). The fourth-order valence-electron chi connectivity index (χ4n) is 1.55. The van der Waals surface area contributed by atoms with Gasteiger partial charge in [-0.1, -0.05) is 17.7 Å². The molecule has 5 nitrogen and oxygen atoms in total. The average molecular weight is 280 g/mol. The number of nitriles is 1. The van der Waals surface area contributed by atoms with Crippen molar-refractivity contribution in [2.75, 3.05) is 0 Å². The zero-order valence-electron chi connectivity index (χ0n) is 10.6. The molecule has 4 N–H and O–H groups in total. The van der Waals surface area contributed by atoms with Gasteiger partial charge in [0.1, 0.15) is 11.2 Å². The zero-order valence-corrected chi connectivity index (χ0v) is 11.3. The molecule has 0 bridgehead atoms. The molecule has 1 aromatic rings. The molecule has 0 saturated carbocycles. The smallest absolute Gasteiger partial charge is 0.335 e. The average Bonchev–Trinajstić information content (AvgIpc) is 2.35. The highest BCUT2D eigenvalue weighted by Crippen LogP contribution is 2.22. The van der Waals surface area contributed by atoms with E-state index in [1.807, 2.05) is 6.07 Å². The van der Waals surface area contributed by atoms with E-state index >= 15 is 0 Å². The van der Waals surface area contributed by atoms with E-state index in [2.05, 4.69) is 5.32 Å². The van der Waals surface area contributed by atoms with Crippen LogP contribution in [0.25, 0.3) is 5.70 Å². The van der Waals surface area contributed by atoms with Gasteiger partial charge in [-0.2, -0.15) is 5.26 Å². The molecule has 0 aliphatic carbocycles. The standard InChI is InChI=1S/C13H14ClN3O2/c1-7-3-4-9(13(18)19)5-10(7)11(12(14)16)17-8(2)6-15/h3-5,8,17H,16H2,1-2H3,(H,18,19)/b12-11-. The molecule has 0 amide bonds. The lowest BCUT2D eigenvalue weighted by Crippen LogP contribution is -2.25. The molecule has 0 heterocycles. The third-order valence-electron chi connectivity index (χ3n) is 2.55. The van der Waals surface area contributed by atoms with Crippen LogP contribution >= 0.6 is 11.6 Å². The van der Waals surface area contributed by atoms with Crippen molar-refractivity contribution >= 4 is 23.3 Å². The third kappa shape index (κ3) is 3.63. The van der Waals surface area contributed by atoms with E-state index in [1.165, 1.54) is 12.1 Å². The predicted octanol–water partition coefficient (Wildman–Crippen LogP) is 2.02. The number of aryl methyl sites for hydroxylation is 1.